The monoisotopic (exact) mass is 295 g/mol. The molecule has 0 unspecified atom stereocenters. The van der Waals surface area contributed by atoms with Crippen LogP contribution >= 0.6 is 0 Å². The summed E-state index contributed by atoms with van der Waals surface area (Å²) in [7, 11) is 0. The molecule has 0 atom stereocenters. The zero-order valence-corrected chi connectivity index (χ0v) is 12.7. The molecule has 1 aliphatic rings. The molecule has 0 bridgehead atoms. The van der Waals surface area contributed by atoms with Crippen molar-refractivity contribution in [3.05, 3.63) is 0 Å². The Morgan fingerprint density at radius 3 is 2.71 bits per heavy atom. The molecular formula is C14H25N5O2. The third-order valence-electron chi connectivity index (χ3n) is 3.31. The van der Waals surface area contributed by atoms with Crippen LogP contribution in [0, 0.1) is 0 Å². The molecule has 21 heavy (non-hydrogen) atoms. The first-order chi connectivity index (χ1) is 10.3. The molecule has 2 N–H and O–H groups in total. The van der Waals surface area contributed by atoms with Crippen LogP contribution in [-0.4, -0.2) is 52.9 Å². The molecule has 1 saturated heterocycles. The maximum Gasteiger partial charge on any atom is 0.323 e. The topological polar surface area (TPSA) is 83.4 Å². The normalized spacial score (nSPS) is 15.0. The van der Waals surface area contributed by atoms with Gasteiger partial charge in [-0.3, -0.25) is 0 Å². The summed E-state index contributed by atoms with van der Waals surface area (Å²) in [4.78, 5) is 15.3. The van der Waals surface area contributed by atoms with Crippen LogP contribution in [0.5, 0.6) is 6.01 Å². The summed E-state index contributed by atoms with van der Waals surface area (Å²) in [5.74, 6) is 1.24. The highest BCUT2D eigenvalue weighted by Crippen LogP contribution is 2.19. The SMILES string of the molecule is CCCNc1nc(OCCCO)nc(N2CCCCC2)n1. The molecule has 1 aliphatic heterocycles. The van der Waals surface area contributed by atoms with Crippen molar-refractivity contribution in [3.8, 4) is 6.01 Å². The third-order valence-corrected chi connectivity index (χ3v) is 3.31. The molecule has 7 nitrogen and oxygen atoms in total. The summed E-state index contributed by atoms with van der Waals surface area (Å²) < 4.78 is 5.51. The Hall–Kier alpha value is -1.63. The fourth-order valence-electron chi connectivity index (χ4n) is 2.19. The fourth-order valence-corrected chi connectivity index (χ4v) is 2.19. The van der Waals surface area contributed by atoms with Crippen molar-refractivity contribution in [1.82, 2.24) is 15.0 Å². The molecule has 1 fully saturated rings. The largest absolute Gasteiger partial charge is 0.463 e. The van der Waals surface area contributed by atoms with Crippen LogP contribution in [0.15, 0.2) is 0 Å². The van der Waals surface area contributed by atoms with Crippen LogP contribution in [0.3, 0.4) is 0 Å². The smallest absolute Gasteiger partial charge is 0.323 e. The van der Waals surface area contributed by atoms with E-state index in [0.717, 1.165) is 26.1 Å². The number of rotatable bonds is 8. The second-order valence-corrected chi connectivity index (χ2v) is 5.14. The zero-order valence-electron chi connectivity index (χ0n) is 12.7. The zero-order chi connectivity index (χ0) is 14.9. The predicted molar refractivity (Wildman–Crippen MR) is 81.9 cm³/mol. The van der Waals surface area contributed by atoms with E-state index in [1.54, 1.807) is 0 Å². The third kappa shape index (κ3) is 5.00. The molecule has 0 saturated carbocycles. The second kappa shape index (κ2) is 8.61. The molecule has 0 radical (unpaired) electrons. The van der Waals surface area contributed by atoms with E-state index in [9.17, 15) is 0 Å². The number of aliphatic hydroxyl groups excluding tert-OH is 1. The van der Waals surface area contributed by atoms with Gasteiger partial charge in [-0.2, -0.15) is 15.0 Å². The molecule has 1 aromatic heterocycles. The minimum atomic E-state index is 0.102. The first-order valence-electron chi connectivity index (χ1n) is 7.82. The van der Waals surface area contributed by atoms with Gasteiger partial charge in [0, 0.05) is 32.7 Å². The van der Waals surface area contributed by atoms with Crippen LogP contribution < -0.4 is 15.0 Å². The summed E-state index contributed by atoms with van der Waals surface area (Å²) in [6.07, 6.45) is 5.19. The minimum absolute atomic E-state index is 0.102. The van der Waals surface area contributed by atoms with E-state index in [4.69, 9.17) is 9.84 Å². The van der Waals surface area contributed by atoms with Gasteiger partial charge in [0.1, 0.15) is 0 Å². The standard InChI is InChI=1S/C14H25N5O2/c1-2-7-15-12-16-13(19-8-4-3-5-9-19)18-14(17-12)21-11-6-10-20/h20H,2-11H2,1H3,(H,15,16,17,18). The van der Waals surface area contributed by atoms with Crippen LogP contribution in [0.2, 0.25) is 0 Å². The number of piperidine rings is 1. The molecule has 118 valence electrons. The first-order valence-corrected chi connectivity index (χ1v) is 7.82. The molecule has 2 rings (SSSR count). The number of aliphatic hydroxyl groups is 1. The molecular weight excluding hydrogens is 270 g/mol. The summed E-state index contributed by atoms with van der Waals surface area (Å²) in [6, 6.07) is 0.331. The number of hydrogen-bond donors (Lipinski definition) is 2. The highest BCUT2D eigenvalue weighted by molar-refractivity contribution is 5.38. The van der Waals surface area contributed by atoms with Crippen molar-refractivity contribution < 1.29 is 9.84 Å². The highest BCUT2D eigenvalue weighted by atomic mass is 16.5. The Bertz CT molecular complexity index is 424. The number of nitrogens with one attached hydrogen (secondary N) is 1. The van der Waals surface area contributed by atoms with Crippen molar-refractivity contribution in [2.24, 2.45) is 0 Å². The summed E-state index contributed by atoms with van der Waals surface area (Å²) >= 11 is 0. The number of anilines is 2. The molecule has 0 aliphatic carbocycles. The van der Waals surface area contributed by atoms with Gasteiger partial charge in [0.15, 0.2) is 0 Å². The molecule has 0 aromatic carbocycles. The maximum absolute atomic E-state index is 8.82. The van der Waals surface area contributed by atoms with Gasteiger partial charge in [0.05, 0.1) is 6.61 Å². The minimum Gasteiger partial charge on any atom is -0.463 e. The lowest BCUT2D eigenvalue weighted by atomic mass is 10.1. The van der Waals surface area contributed by atoms with Crippen LogP contribution in [-0.2, 0) is 0 Å². The summed E-state index contributed by atoms with van der Waals surface area (Å²) in [6.45, 7) is 5.39. The lowest BCUT2D eigenvalue weighted by Gasteiger charge is -2.26. The van der Waals surface area contributed by atoms with E-state index < -0.39 is 0 Å². The molecule has 1 aromatic rings. The molecule has 2 heterocycles. The Morgan fingerprint density at radius 2 is 2.00 bits per heavy atom. The van der Waals surface area contributed by atoms with Gasteiger partial charge in [-0.25, -0.2) is 0 Å². The van der Waals surface area contributed by atoms with Gasteiger partial charge < -0.3 is 20.1 Å². The summed E-state index contributed by atoms with van der Waals surface area (Å²) in [5.41, 5.74) is 0. The first kappa shape index (κ1) is 15.8. The van der Waals surface area contributed by atoms with Gasteiger partial charge >= 0.3 is 6.01 Å². The van der Waals surface area contributed by atoms with Crippen LogP contribution in [0.4, 0.5) is 11.9 Å². The Balaban J connectivity index is 2.10. The average molecular weight is 295 g/mol. The van der Waals surface area contributed by atoms with Gasteiger partial charge in [0.25, 0.3) is 0 Å². The predicted octanol–water partition coefficient (Wildman–Crippen LogP) is 1.45. The van der Waals surface area contributed by atoms with E-state index in [0.29, 0.717) is 30.9 Å². The quantitative estimate of drug-likeness (QED) is 0.702. The lowest BCUT2D eigenvalue weighted by molar-refractivity contribution is 0.224. The van der Waals surface area contributed by atoms with Crippen molar-refractivity contribution in [2.75, 3.05) is 43.1 Å². The number of hydrogen-bond acceptors (Lipinski definition) is 7. The van der Waals surface area contributed by atoms with Gasteiger partial charge in [0.2, 0.25) is 11.9 Å². The van der Waals surface area contributed by atoms with E-state index in [2.05, 4.69) is 32.1 Å². The molecule has 0 spiro atoms. The van der Waals surface area contributed by atoms with Gasteiger partial charge in [-0.1, -0.05) is 6.92 Å². The van der Waals surface area contributed by atoms with Crippen molar-refractivity contribution >= 4 is 11.9 Å². The van der Waals surface area contributed by atoms with Crippen LogP contribution in [0.1, 0.15) is 39.0 Å². The second-order valence-electron chi connectivity index (χ2n) is 5.14. The Labute approximate surface area is 125 Å². The van der Waals surface area contributed by atoms with Crippen molar-refractivity contribution in [3.63, 3.8) is 0 Å². The molecule has 0 amide bonds. The number of aromatic nitrogens is 3. The molecule has 7 heteroatoms. The maximum atomic E-state index is 8.82. The Morgan fingerprint density at radius 1 is 1.19 bits per heavy atom. The highest BCUT2D eigenvalue weighted by Gasteiger charge is 2.16. The number of nitrogens with zero attached hydrogens (tertiary/aromatic N) is 4. The van der Waals surface area contributed by atoms with E-state index in [-0.39, 0.29) is 6.61 Å². The van der Waals surface area contributed by atoms with Gasteiger partial charge in [-0.05, 0) is 25.7 Å². The number of ether oxygens (including phenoxy) is 1. The van der Waals surface area contributed by atoms with E-state index in [1.165, 1.54) is 19.3 Å². The average Bonchev–Trinajstić information content (AvgIpc) is 2.54. The lowest BCUT2D eigenvalue weighted by Crippen LogP contribution is -2.31. The van der Waals surface area contributed by atoms with E-state index >= 15 is 0 Å². The van der Waals surface area contributed by atoms with Gasteiger partial charge in [-0.15, -0.1) is 0 Å². The van der Waals surface area contributed by atoms with Crippen LogP contribution in [0.25, 0.3) is 0 Å². The van der Waals surface area contributed by atoms with Crippen molar-refractivity contribution in [1.29, 1.82) is 0 Å². The summed E-state index contributed by atoms with van der Waals surface area (Å²) in [5, 5.41) is 12.0. The van der Waals surface area contributed by atoms with Crippen molar-refractivity contribution in [2.45, 2.75) is 39.0 Å². The Kier molecular flexibility index (Phi) is 6.46. The fraction of sp³-hybridized carbons (Fsp3) is 0.786. The van der Waals surface area contributed by atoms with E-state index in [1.807, 2.05) is 0 Å².